The van der Waals surface area contributed by atoms with E-state index in [0.717, 1.165) is 32.3 Å². The summed E-state index contributed by atoms with van der Waals surface area (Å²) >= 11 is 1.50. The first-order chi connectivity index (χ1) is 18.0. The molecule has 0 aliphatic carbocycles. The third kappa shape index (κ3) is 4.25. The molecule has 0 unspecified atom stereocenters. The van der Waals surface area contributed by atoms with Crippen LogP contribution < -0.4 is 10.1 Å². The maximum Gasteiger partial charge on any atom is 0.251 e. The Labute approximate surface area is 214 Å². The highest BCUT2D eigenvalue weighted by Crippen LogP contribution is 2.35. The van der Waals surface area contributed by atoms with Crippen molar-refractivity contribution in [2.75, 3.05) is 7.11 Å². The van der Waals surface area contributed by atoms with E-state index < -0.39 is 0 Å². The number of ether oxygens (including phenoxy) is 1. The summed E-state index contributed by atoms with van der Waals surface area (Å²) < 4.78 is 7.10. The number of fused-ring (bicyclic) bond motifs is 2. The van der Waals surface area contributed by atoms with Crippen LogP contribution in [0.4, 0.5) is 0 Å². The zero-order chi connectivity index (χ0) is 25.5. The summed E-state index contributed by atoms with van der Waals surface area (Å²) in [5.74, 6) is 0.811. The predicted molar refractivity (Wildman–Crippen MR) is 140 cm³/mol. The van der Waals surface area contributed by atoms with E-state index in [0.29, 0.717) is 28.3 Å². The van der Waals surface area contributed by atoms with Crippen molar-refractivity contribution in [2.24, 2.45) is 0 Å². The number of aromatic amines is 1. The van der Waals surface area contributed by atoms with Crippen LogP contribution in [-0.4, -0.2) is 47.7 Å². The molecule has 0 saturated heterocycles. The van der Waals surface area contributed by atoms with Gasteiger partial charge in [0.2, 0.25) is 10.8 Å². The molecule has 0 aliphatic rings. The van der Waals surface area contributed by atoms with Crippen molar-refractivity contribution < 1.29 is 14.6 Å². The maximum atomic E-state index is 12.8. The summed E-state index contributed by atoms with van der Waals surface area (Å²) in [5.41, 5.74) is 4.69. The van der Waals surface area contributed by atoms with Gasteiger partial charge in [0.05, 0.1) is 42.1 Å². The van der Waals surface area contributed by atoms with Gasteiger partial charge < -0.3 is 20.1 Å². The second-order valence-corrected chi connectivity index (χ2v) is 9.53. The second kappa shape index (κ2) is 9.03. The SMILES string of the molecule is COc1ncccc1-c1ccc(O)c(-c2nc3cc(C(=O)NCc4cn5nc(C)sc5n4)ccc3[nH]2)c1. The minimum absolute atomic E-state index is 0.0771. The number of aryl methyl sites for hydroxylation is 1. The van der Waals surface area contributed by atoms with E-state index in [1.807, 2.05) is 31.3 Å². The van der Waals surface area contributed by atoms with Crippen molar-refractivity contribution >= 4 is 33.2 Å². The Balaban J connectivity index is 1.25. The van der Waals surface area contributed by atoms with Crippen LogP contribution in [0, 0.1) is 6.92 Å². The number of hydrogen-bond acceptors (Lipinski definition) is 8. The molecule has 37 heavy (non-hydrogen) atoms. The number of methoxy groups -OCH3 is 1. The monoisotopic (exact) mass is 511 g/mol. The van der Waals surface area contributed by atoms with E-state index in [-0.39, 0.29) is 18.2 Å². The average molecular weight is 512 g/mol. The van der Waals surface area contributed by atoms with Crippen molar-refractivity contribution in [3.05, 3.63) is 77.2 Å². The molecule has 0 aliphatic heterocycles. The van der Waals surface area contributed by atoms with Gasteiger partial charge in [0.25, 0.3) is 5.91 Å². The smallest absolute Gasteiger partial charge is 0.251 e. The van der Waals surface area contributed by atoms with E-state index in [2.05, 4.69) is 30.4 Å². The van der Waals surface area contributed by atoms with E-state index in [9.17, 15) is 9.90 Å². The number of aromatic hydroxyl groups is 1. The fourth-order valence-electron chi connectivity index (χ4n) is 4.14. The molecule has 2 aromatic carbocycles. The first-order valence-electron chi connectivity index (χ1n) is 11.4. The molecule has 3 N–H and O–H groups in total. The summed E-state index contributed by atoms with van der Waals surface area (Å²) in [5, 5.41) is 18.7. The van der Waals surface area contributed by atoms with Gasteiger partial charge in [0.15, 0.2) is 0 Å². The first-order valence-corrected chi connectivity index (χ1v) is 12.2. The largest absolute Gasteiger partial charge is 0.507 e. The van der Waals surface area contributed by atoms with Crippen LogP contribution in [0.5, 0.6) is 11.6 Å². The molecule has 184 valence electrons. The van der Waals surface area contributed by atoms with Gasteiger partial charge >= 0.3 is 0 Å². The number of benzene rings is 2. The van der Waals surface area contributed by atoms with Crippen LogP contribution in [0.2, 0.25) is 0 Å². The third-order valence-electron chi connectivity index (χ3n) is 5.90. The lowest BCUT2D eigenvalue weighted by molar-refractivity contribution is 0.0950. The normalized spacial score (nSPS) is 11.3. The number of phenolic OH excluding ortho intramolecular Hbond substituents is 1. The van der Waals surface area contributed by atoms with E-state index in [1.165, 1.54) is 11.3 Å². The van der Waals surface area contributed by atoms with Crippen molar-refractivity contribution in [3.63, 3.8) is 0 Å². The van der Waals surface area contributed by atoms with Crippen LogP contribution >= 0.6 is 11.3 Å². The fraction of sp³-hybridized carbons (Fsp3) is 0.115. The second-order valence-electron chi connectivity index (χ2n) is 8.37. The first kappa shape index (κ1) is 22.7. The van der Waals surface area contributed by atoms with Crippen molar-refractivity contribution in [1.82, 2.24) is 34.9 Å². The van der Waals surface area contributed by atoms with Gasteiger partial charge in [-0.15, -0.1) is 0 Å². The third-order valence-corrected chi connectivity index (χ3v) is 6.73. The zero-order valence-electron chi connectivity index (χ0n) is 19.9. The molecule has 4 heterocycles. The Hall–Kier alpha value is -4.77. The standard InChI is InChI=1S/C26H21N7O3S/c1-14-32-33-13-17(29-26(33)37-14)12-28-24(35)16-5-7-20-21(11-16)31-23(30-20)19-10-15(6-8-22(19)34)18-4-3-9-27-25(18)36-2/h3-11,13,34H,12H2,1-2H3,(H,28,35)(H,30,31). The quantitative estimate of drug-likeness (QED) is 0.303. The number of nitrogens with zero attached hydrogens (tertiary/aromatic N) is 5. The lowest BCUT2D eigenvalue weighted by Gasteiger charge is -2.09. The highest BCUT2D eigenvalue weighted by Gasteiger charge is 2.15. The number of hydrogen-bond donors (Lipinski definition) is 3. The fourth-order valence-corrected chi connectivity index (χ4v) is 4.89. The Kier molecular flexibility index (Phi) is 5.53. The highest BCUT2D eigenvalue weighted by molar-refractivity contribution is 7.16. The maximum absolute atomic E-state index is 12.8. The number of carbonyl (C=O) groups is 1. The number of carbonyl (C=O) groups excluding carboxylic acids is 1. The molecule has 0 spiro atoms. The van der Waals surface area contributed by atoms with Crippen LogP contribution in [-0.2, 0) is 6.54 Å². The minimum atomic E-state index is -0.236. The average Bonchev–Trinajstić information content (AvgIpc) is 3.59. The van der Waals surface area contributed by atoms with E-state index in [4.69, 9.17) is 4.74 Å². The number of H-pyrrole nitrogens is 1. The highest BCUT2D eigenvalue weighted by atomic mass is 32.1. The van der Waals surface area contributed by atoms with Crippen LogP contribution in [0.1, 0.15) is 21.1 Å². The number of imidazole rings is 2. The van der Waals surface area contributed by atoms with Gasteiger partial charge in [-0.3, -0.25) is 4.79 Å². The van der Waals surface area contributed by atoms with Gasteiger partial charge in [-0.05, 0) is 55.0 Å². The number of amides is 1. The van der Waals surface area contributed by atoms with Crippen LogP contribution in [0.3, 0.4) is 0 Å². The van der Waals surface area contributed by atoms with Gasteiger partial charge in [-0.1, -0.05) is 17.4 Å². The molecule has 0 bridgehead atoms. The molecule has 0 saturated carbocycles. The lowest BCUT2D eigenvalue weighted by Crippen LogP contribution is -2.22. The molecule has 0 atom stereocenters. The van der Waals surface area contributed by atoms with Gasteiger partial charge in [-0.2, -0.15) is 5.10 Å². The number of aromatic nitrogens is 6. The Morgan fingerprint density at radius 3 is 2.89 bits per heavy atom. The van der Waals surface area contributed by atoms with E-state index in [1.54, 1.807) is 48.2 Å². The summed E-state index contributed by atoms with van der Waals surface area (Å²) in [4.78, 5) is 30.2. The molecule has 10 nitrogen and oxygen atoms in total. The van der Waals surface area contributed by atoms with Crippen LogP contribution in [0.15, 0.2) is 60.9 Å². The number of phenols is 1. The summed E-state index contributed by atoms with van der Waals surface area (Å²) in [7, 11) is 1.57. The van der Waals surface area contributed by atoms with Crippen LogP contribution in [0.25, 0.3) is 38.5 Å². The summed E-state index contributed by atoms with van der Waals surface area (Å²) in [6.45, 7) is 2.21. The van der Waals surface area contributed by atoms with Gasteiger partial charge in [-0.25, -0.2) is 19.5 Å². The number of nitrogens with one attached hydrogen (secondary N) is 2. The predicted octanol–water partition coefficient (Wildman–Crippen LogP) is 4.35. The Morgan fingerprint density at radius 2 is 2.05 bits per heavy atom. The Bertz CT molecular complexity index is 1750. The number of rotatable bonds is 6. The number of pyridine rings is 1. The summed E-state index contributed by atoms with van der Waals surface area (Å²) in [6, 6.07) is 14.2. The molecular formula is C26H21N7O3S. The molecular weight excluding hydrogens is 490 g/mol. The molecule has 0 fully saturated rings. The lowest BCUT2D eigenvalue weighted by atomic mass is 10.0. The molecule has 1 amide bonds. The molecule has 11 heteroatoms. The van der Waals surface area contributed by atoms with Crippen molar-refractivity contribution in [2.45, 2.75) is 13.5 Å². The molecule has 0 radical (unpaired) electrons. The minimum Gasteiger partial charge on any atom is -0.507 e. The Morgan fingerprint density at radius 1 is 1.16 bits per heavy atom. The molecule has 4 aromatic heterocycles. The van der Waals surface area contributed by atoms with E-state index >= 15 is 0 Å². The van der Waals surface area contributed by atoms with Crippen molar-refractivity contribution in [3.8, 4) is 34.1 Å². The van der Waals surface area contributed by atoms with Gasteiger partial charge in [0, 0.05) is 17.3 Å². The van der Waals surface area contributed by atoms with Crippen molar-refractivity contribution in [1.29, 1.82) is 0 Å². The van der Waals surface area contributed by atoms with Gasteiger partial charge in [0.1, 0.15) is 16.6 Å². The topological polar surface area (TPSA) is 130 Å². The molecule has 6 aromatic rings. The molecule has 6 rings (SSSR count). The summed E-state index contributed by atoms with van der Waals surface area (Å²) in [6.07, 6.45) is 3.47. The zero-order valence-corrected chi connectivity index (χ0v) is 20.7.